The Kier molecular flexibility index (Phi) is 4.16. The molecule has 2 bridgehead atoms. The molecule has 0 spiro atoms. The minimum absolute atomic E-state index is 0.277. The Balaban J connectivity index is 1.68. The molecule has 0 heterocycles. The summed E-state index contributed by atoms with van der Waals surface area (Å²) >= 11 is 0. The second kappa shape index (κ2) is 5.61. The smallest absolute Gasteiger partial charge is 0.0356 e. The van der Waals surface area contributed by atoms with E-state index in [-0.39, 0.29) is 5.54 Å². The Bertz CT molecular complexity index is 342. The zero-order chi connectivity index (χ0) is 14.3. The second-order valence-corrected chi connectivity index (χ2v) is 8.41. The SMILES string of the molecule is CC1CCC(C)C(CN)(N(C)CC2CC3CCC2C3)C1. The average Bonchev–Trinajstić information content (AvgIpc) is 3.03. The first-order chi connectivity index (χ1) is 9.55. The van der Waals surface area contributed by atoms with Crippen molar-refractivity contribution in [2.45, 2.75) is 64.3 Å². The molecule has 3 fully saturated rings. The lowest BCUT2D eigenvalue weighted by atomic mass is 9.68. The van der Waals surface area contributed by atoms with Gasteiger partial charge in [0.2, 0.25) is 0 Å². The maximum absolute atomic E-state index is 6.30. The number of nitrogens with two attached hydrogens (primary N) is 1. The highest BCUT2D eigenvalue weighted by Crippen LogP contribution is 2.49. The molecule has 0 aromatic rings. The number of fused-ring (bicyclic) bond motifs is 2. The topological polar surface area (TPSA) is 29.3 Å². The molecule has 0 aromatic heterocycles. The molecular formula is C18H34N2. The molecule has 6 unspecified atom stereocenters. The van der Waals surface area contributed by atoms with Gasteiger partial charge in [-0.25, -0.2) is 0 Å². The molecule has 0 radical (unpaired) electrons. The van der Waals surface area contributed by atoms with Gasteiger partial charge in [-0.1, -0.05) is 26.7 Å². The van der Waals surface area contributed by atoms with Gasteiger partial charge in [-0.15, -0.1) is 0 Å². The molecule has 0 saturated heterocycles. The molecule has 2 nitrogen and oxygen atoms in total. The molecule has 3 aliphatic carbocycles. The van der Waals surface area contributed by atoms with Crippen LogP contribution in [0.5, 0.6) is 0 Å². The lowest BCUT2D eigenvalue weighted by molar-refractivity contribution is -0.000205. The second-order valence-electron chi connectivity index (χ2n) is 8.41. The van der Waals surface area contributed by atoms with Crippen molar-refractivity contribution in [1.29, 1.82) is 0 Å². The molecule has 0 amide bonds. The Labute approximate surface area is 125 Å². The van der Waals surface area contributed by atoms with Crippen LogP contribution in [0.1, 0.15) is 58.8 Å². The molecule has 2 N–H and O–H groups in total. The summed E-state index contributed by atoms with van der Waals surface area (Å²) in [6.07, 6.45) is 10.1. The van der Waals surface area contributed by atoms with Crippen molar-refractivity contribution in [2.24, 2.45) is 35.3 Å². The normalized spacial score (nSPS) is 48.1. The maximum atomic E-state index is 6.30. The third-order valence-corrected chi connectivity index (χ3v) is 7.22. The van der Waals surface area contributed by atoms with Crippen molar-refractivity contribution in [2.75, 3.05) is 20.1 Å². The molecule has 3 rings (SSSR count). The summed E-state index contributed by atoms with van der Waals surface area (Å²) < 4.78 is 0. The van der Waals surface area contributed by atoms with Gasteiger partial charge in [0.05, 0.1) is 0 Å². The first-order valence-electron chi connectivity index (χ1n) is 8.96. The Morgan fingerprint density at radius 2 is 1.90 bits per heavy atom. The van der Waals surface area contributed by atoms with Crippen LogP contribution in [0.2, 0.25) is 0 Å². The van der Waals surface area contributed by atoms with Crippen molar-refractivity contribution in [3.8, 4) is 0 Å². The van der Waals surface area contributed by atoms with Crippen LogP contribution in [0.4, 0.5) is 0 Å². The third-order valence-electron chi connectivity index (χ3n) is 7.22. The van der Waals surface area contributed by atoms with E-state index < -0.39 is 0 Å². The van der Waals surface area contributed by atoms with Crippen molar-refractivity contribution >= 4 is 0 Å². The summed E-state index contributed by atoms with van der Waals surface area (Å²) in [6.45, 7) is 7.00. The average molecular weight is 278 g/mol. The van der Waals surface area contributed by atoms with Crippen LogP contribution in [-0.4, -0.2) is 30.6 Å². The third kappa shape index (κ3) is 2.43. The summed E-state index contributed by atoms with van der Waals surface area (Å²) in [5.41, 5.74) is 6.58. The van der Waals surface area contributed by atoms with Gasteiger partial charge < -0.3 is 5.73 Å². The van der Waals surface area contributed by atoms with Crippen LogP contribution >= 0.6 is 0 Å². The van der Waals surface area contributed by atoms with Gasteiger partial charge in [0.1, 0.15) is 0 Å². The van der Waals surface area contributed by atoms with Crippen molar-refractivity contribution in [3.05, 3.63) is 0 Å². The summed E-state index contributed by atoms with van der Waals surface area (Å²) in [4.78, 5) is 2.69. The van der Waals surface area contributed by atoms with E-state index in [4.69, 9.17) is 5.73 Å². The van der Waals surface area contributed by atoms with E-state index in [2.05, 4.69) is 25.8 Å². The van der Waals surface area contributed by atoms with Gasteiger partial charge in [0, 0.05) is 18.6 Å². The fourth-order valence-corrected chi connectivity index (χ4v) is 5.82. The van der Waals surface area contributed by atoms with E-state index in [1.807, 2.05) is 0 Å². The highest BCUT2D eigenvalue weighted by Gasteiger charge is 2.46. The molecule has 0 aliphatic heterocycles. The minimum Gasteiger partial charge on any atom is -0.329 e. The van der Waals surface area contributed by atoms with Crippen LogP contribution < -0.4 is 5.73 Å². The molecule has 0 aromatic carbocycles. The lowest BCUT2D eigenvalue weighted by Crippen LogP contribution is -2.60. The lowest BCUT2D eigenvalue weighted by Gasteiger charge is -2.51. The van der Waals surface area contributed by atoms with Gasteiger partial charge >= 0.3 is 0 Å². The zero-order valence-electron chi connectivity index (χ0n) is 13.8. The fourth-order valence-electron chi connectivity index (χ4n) is 5.82. The number of rotatable bonds is 4. The van der Waals surface area contributed by atoms with Crippen LogP contribution in [0.25, 0.3) is 0 Å². The van der Waals surface area contributed by atoms with Crippen molar-refractivity contribution in [1.82, 2.24) is 4.90 Å². The van der Waals surface area contributed by atoms with Crippen molar-refractivity contribution < 1.29 is 0 Å². The highest BCUT2D eigenvalue weighted by atomic mass is 15.2. The summed E-state index contributed by atoms with van der Waals surface area (Å²) in [5.74, 6) is 4.67. The number of hydrogen-bond donors (Lipinski definition) is 1. The van der Waals surface area contributed by atoms with E-state index in [0.717, 1.165) is 36.1 Å². The van der Waals surface area contributed by atoms with Gasteiger partial charge in [-0.3, -0.25) is 4.90 Å². The highest BCUT2D eigenvalue weighted by molar-refractivity contribution is 5.01. The Hall–Kier alpha value is -0.0800. The van der Waals surface area contributed by atoms with Gasteiger partial charge in [-0.05, 0) is 68.7 Å². The Morgan fingerprint density at radius 3 is 2.50 bits per heavy atom. The van der Waals surface area contributed by atoms with Crippen LogP contribution in [-0.2, 0) is 0 Å². The zero-order valence-corrected chi connectivity index (χ0v) is 13.8. The minimum atomic E-state index is 0.277. The summed E-state index contributed by atoms with van der Waals surface area (Å²) in [6, 6.07) is 0. The molecule has 3 aliphatic rings. The molecular weight excluding hydrogens is 244 g/mol. The number of hydrogen-bond acceptors (Lipinski definition) is 2. The first kappa shape index (κ1) is 14.8. The van der Waals surface area contributed by atoms with Gasteiger partial charge in [-0.2, -0.15) is 0 Å². The van der Waals surface area contributed by atoms with E-state index in [9.17, 15) is 0 Å². The van der Waals surface area contributed by atoms with Crippen molar-refractivity contribution in [3.63, 3.8) is 0 Å². The predicted octanol–water partition coefficient (Wildman–Crippen LogP) is 3.51. The molecule has 20 heavy (non-hydrogen) atoms. The molecule has 116 valence electrons. The standard InChI is InChI=1S/C18H34N2/c1-13-4-5-14(2)18(10-13,12-19)20(3)11-17-9-15-6-7-16(17)8-15/h13-17H,4-12,19H2,1-3H3. The van der Waals surface area contributed by atoms with E-state index >= 15 is 0 Å². The number of likely N-dealkylation sites (N-methyl/N-ethyl adjacent to an activating group) is 1. The van der Waals surface area contributed by atoms with Gasteiger partial charge in [0.15, 0.2) is 0 Å². The largest absolute Gasteiger partial charge is 0.329 e. The monoisotopic (exact) mass is 278 g/mol. The summed E-state index contributed by atoms with van der Waals surface area (Å²) in [5, 5.41) is 0. The predicted molar refractivity (Wildman–Crippen MR) is 85.5 cm³/mol. The van der Waals surface area contributed by atoms with Crippen LogP contribution in [0.3, 0.4) is 0 Å². The van der Waals surface area contributed by atoms with E-state index in [1.165, 1.54) is 51.5 Å². The van der Waals surface area contributed by atoms with E-state index in [1.54, 1.807) is 0 Å². The quantitative estimate of drug-likeness (QED) is 0.852. The Morgan fingerprint density at radius 1 is 1.10 bits per heavy atom. The van der Waals surface area contributed by atoms with E-state index in [0.29, 0.717) is 0 Å². The number of nitrogens with zero attached hydrogens (tertiary/aromatic N) is 1. The molecule has 3 saturated carbocycles. The van der Waals surface area contributed by atoms with Crippen LogP contribution in [0, 0.1) is 29.6 Å². The first-order valence-corrected chi connectivity index (χ1v) is 8.96. The molecule has 6 atom stereocenters. The maximum Gasteiger partial charge on any atom is 0.0356 e. The van der Waals surface area contributed by atoms with Gasteiger partial charge in [0.25, 0.3) is 0 Å². The fraction of sp³-hybridized carbons (Fsp3) is 1.00. The van der Waals surface area contributed by atoms with Crippen LogP contribution in [0.15, 0.2) is 0 Å². The molecule has 2 heteroatoms. The summed E-state index contributed by atoms with van der Waals surface area (Å²) in [7, 11) is 2.37.